The molecule has 0 fully saturated rings. The predicted octanol–water partition coefficient (Wildman–Crippen LogP) is 2.45. The Morgan fingerprint density at radius 1 is 1.21 bits per heavy atom. The minimum absolute atomic E-state index is 0.102. The van der Waals surface area contributed by atoms with Crippen LogP contribution in [0.1, 0.15) is 23.6 Å². The van der Waals surface area contributed by atoms with Gasteiger partial charge in [-0.15, -0.1) is 0 Å². The molecule has 104 valence electrons. The van der Waals surface area contributed by atoms with E-state index in [4.69, 9.17) is 5.11 Å². The van der Waals surface area contributed by atoms with Crippen LogP contribution in [0, 0.1) is 26.7 Å². The van der Waals surface area contributed by atoms with Crippen LogP contribution in [0.15, 0.2) is 12.1 Å². The van der Waals surface area contributed by atoms with Crippen molar-refractivity contribution in [2.45, 2.75) is 27.7 Å². The van der Waals surface area contributed by atoms with Crippen LogP contribution in [0.2, 0.25) is 0 Å². The van der Waals surface area contributed by atoms with E-state index in [1.54, 1.807) is 6.92 Å². The molecule has 1 rings (SSSR count). The molecule has 0 aliphatic heterocycles. The van der Waals surface area contributed by atoms with E-state index >= 15 is 0 Å². The topological polar surface area (TPSA) is 78.4 Å². The van der Waals surface area contributed by atoms with Gasteiger partial charge in [0.2, 0.25) is 0 Å². The van der Waals surface area contributed by atoms with Crippen molar-refractivity contribution < 1.29 is 14.7 Å². The van der Waals surface area contributed by atoms with Gasteiger partial charge in [-0.1, -0.05) is 24.6 Å². The monoisotopic (exact) mass is 264 g/mol. The molecule has 0 bridgehead atoms. The van der Waals surface area contributed by atoms with Gasteiger partial charge in [0.1, 0.15) is 0 Å². The van der Waals surface area contributed by atoms with Crippen LogP contribution >= 0.6 is 0 Å². The third kappa shape index (κ3) is 4.28. The van der Waals surface area contributed by atoms with Gasteiger partial charge in [-0.3, -0.25) is 4.79 Å². The second-order valence-electron chi connectivity index (χ2n) is 4.85. The zero-order valence-electron chi connectivity index (χ0n) is 11.7. The standard InChI is InChI=1S/C14H20N2O3/c1-8-5-9(2)12(10(3)6-8)16-14(19)15-7-11(4)13(17)18/h5-6,11H,7H2,1-4H3,(H,17,18)(H2,15,16,19). The first-order chi connectivity index (χ1) is 8.81. The molecule has 0 aliphatic carbocycles. The van der Waals surface area contributed by atoms with Crippen LogP contribution in [0.5, 0.6) is 0 Å². The van der Waals surface area contributed by atoms with Crippen molar-refractivity contribution in [1.29, 1.82) is 0 Å². The molecule has 5 heteroatoms. The Hall–Kier alpha value is -2.04. The van der Waals surface area contributed by atoms with Gasteiger partial charge < -0.3 is 15.7 Å². The number of nitrogens with one attached hydrogen (secondary N) is 2. The summed E-state index contributed by atoms with van der Waals surface area (Å²) in [6.07, 6.45) is 0. The van der Waals surface area contributed by atoms with Crippen molar-refractivity contribution in [2.75, 3.05) is 11.9 Å². The molecule has 19 heavy (non-hydrogen) atoms. The van der Waals surface area contributed by atoms with Gasteiger partial charge in [0, 0.05) is 12.2 Å². The van der Waals surface area contributed by atoms with E-state index in [1.165, 1.54) is 0 Å². The summed E-state index contributed by atoms with van der Waals surface area (Å²) in [4.78, 5) is 22.4. The normalized spacial score (nSPS) is 11.8. The third-order valence-electron chi connectivity index (χ3n) is 2.91. The summed E-state index contributed by atoms with van der Waals surface area (Å²) in [6, 6.07) is 3.59. The molecule has 0 saturated heterocycles. The van der Waals surface area contributed by atoms with Gasteiger partial charge in [-0.2, -0.15) is 0 Å². The van der Waals surface area contributed by atoms with Crippen molar-refractivity contribution in [2.24, 2.45) is 5.92 Å². The number of urea groups is 1. The van der Waals surface area contributed by atoms with Crippen LogP contribution in [0.4, 0.5) is 10.5 Å². The molecule has 0 saturated carbocycles. The van der Waals surface area contributed by atoms with Crippen LogP contribution in [0.25, 0.3) is 0 Å². The van der Waals surface area contributed by atoms with Gasteiger partial charge in [0.25, 0.3) is 0 Å². The first kappa shape index (κ1) is 15.0. The number of rotatable bonds is 4. The second kappa shape index (κ2) is 6.22. The number of anilines is 1. The molecule has 1 aromatic rings. The highest BCUT2D eigenvalue weighted by atomic mass is 16.4. The fourth-order valence-corrected chi connectivity index (χ4v) is 1.87. The highest BCUT2D eigenvalue weighted by Crippen LogP contribution is 2.21. The SMILES string of the molecule is Cc1cc(C)c(NC(=O)NCC(C)C(=O)O)c(C)c1. The van der Waals surface area contributed by atoms with Gasteiger partial charge in [-0.25, -0.2) is 4.79 Å². The Balaban J connectivity index is 2.65. The van der Waals surface area contributed by atoms with Crippen LogP contribution < -0.4 is 10.6 Å². The number of carbonyl (C=O) groups excluding carboxylic acids is 1. The summed E-state index contributed by atoms with van der Waals surface area (Å²) >= 11 is 0. The van der Waals surface area contributed by atoms with E-state index in [0.717, 1.165) is 22.4 Å². The van der Waals surface area contributed by atoms with Crippen molar-refractivity contribution >= 4 is 17.7 Å². The first-order valence-corrected chi connectivity index (χ1v) is 6.16. The number of carboxylic acids is 1. The number of carbonyl (C=O) groups is 2. The first-order valence-electron chi connectivity index (χ1n) is 6.16. The Morgan fingerprint density at radius 2 is 1.74 bits per heavy atom. The van der Waals surface area contributed by atoms with Gasteiger partial charge in [-0.05, 0) is 31.9 Å². The average Bonchev–Trinajstić information content (AvgIpc) is 2.30. The lowest BCUT2D eigenvalue weighted by atomic mass is 10.1. The average molecular weight is 264 g/mol. The Kier molecular flexibility index (Phi) is 4.92. The maximum Gasteiger partial charge on any atom is 0.319 e. The van der Waals surface area contributed by atoms with Crippen molar-refractivity contribution in [1.82, 2.24) is 5.32 Å². The molecular formula is C14H20N2O3. The Morgan fingerprint density at radius 3 is 2.21 bits per heavy atom. The fraction of sp³-hybridized carbons (Fsp3) is 0.429. The molecule has 0 radical (unpaired) electrons. The molecule has 0 aromatic heterocycles. The van der Waals surface area contributed by atoms with Crippen LogP contribution in [0.3, 0.4) is 0 Å². The lowest BCUT2D eigenvalue weighted by Gasteiger charge is -2.14. The van der Waals surface area contributed by atoms with E-state index < -0.39 is 11.9 Å². The molecule has 5 nitrogen and oxygen atoms in total. The number of hydrogen-bond donors (Lipinski definition) is 3. The lowest BCUT2D eigenvalue weighted by Crippen LogP contribution is -2.35. The molecule has 1 atom stereocenters. The molecule has 1 aromatic carbocycles. The van der Waals surface area contributed by atoms with E-state index in [1.807, 2.05) is 32.9 Å². The number of aryl methyl sites for hydroxylation is 3. The highest BCUT2D eigenvalue weighted by Gasteiger charge is 2.13. The Bertz CT molecular complexity index is 474. The lowest BCUT2D eigenvalue weighted by molar-refractivity contribution is -0.140. The minimum atomic E-state index is -0.928. The van der Waals surface area contributed by atoms with Crippen molar-refractivity contribution in [3.05, 3.63) is 28.8 Å². The van der Waals surface area contributed by atoms with Gasteiger partial charge >= 0.3 is 12.0 Å². The zero-order chi connectivity index (χ0) is 14.6. The number of hydrogen-bond acceptors (Lipinski definition) is 2. The largest absolute Gasteiger partial charge is 0.481 e. The second-order valence-corrected chi connectivity index (χ2v) is 4.85. The highest BCUT2D eigenvalue weighted by molar-refractivity contribution is 5.91. The maximum atomic E-state index is 11.7. The zero-order valence-corrected chi connectivity index (χ0v) is 11.7. The van der Waals surface area contributed by atoms with E-state index in [2.05, 4.69) is 10.6 Å². The quantitative estimate of drug-likeness (QED) is 0.781. The molecule has 0 heterocycles. The summed E-state index contributed by atoms with van der Waals surface area (Å²) in [6.45, 7) is 7.50. The maximum absolute atomic E-state index is 11.7. The van der Waals surface area contributed by atoms with Gasteiger partial charge in [0.15, 0.2) is 0 Å². The third-order valence-corrected chi connectivity index (χ3v) is 2.91. The summed E-state index contributed by atoms with van der Waals surface area (Å²) in [5.74, 6) is -1.53. The minimum Gasteiger partial charge on any atom is -0.481 e. The summed E-state index contributed by atoms with van der Waals surface area (Å²) in [5.41, 5.74) is 3.88. The van der Waals surface area contributed by atoms with Crippen LogP contribution in [-0.2, 0) is 4.79 Å². The number of benzene rings is 1. The molecule has 3 N–H and O–H groups in total. The fourth-order valence-electron chi connectivity index (χ4n) is 1.87. The number of amides is 2. The van der Waals surface area contributed by atoms with Crippen molar-refractivity contribution in [3.63, 3.8) is 0 Å². The predicted molar refractivity (Wildman–Crippen MR) is 74.5 cm³/mol. The molecule has 2 amide bonds. The smallest absolute Gasteiger partial charge is 0.319 e. The van der Waals surface area contributed by atoms with Gasteiger partial charge in [0.05, 0.1) is 5.92 Å². The molecule has 0 spiro atoms. The number of carboxylic acid groups (broad SMARTS) is 1. The van der Waals surface area contributed by atoms with E-state index in [0.29, 0.717) is 0 Å². The summed E-state index contributed by atoms with van der Waals surface area (Å²) in [5, 5.41) is 14.0. The Labute approximate surface area is 113 Å². The summed E-state index contributed by atoms with van der Waals surface area (Å²) < 4.78 is 0. The summed E-state index contributed by atoms with van der Waals surface area (Å²) in [7, 11) is 0. The van der Waals surface area contributed by atoms with E-state index in [-0.39, 0.29) is 12.6 Å². The molecule has 0 aliphatic rings. The molecule has 1 unspecified atom stereocenters. The van der Waals surface area contributed by atoms with Crippen LogP contribution in [-0.4, -0.2) is 23.7 Å². The van der Waals surface area contributed by atoms with E-state index in [9.17, 15) is 9.59 Å². The van der Waals surface area contributed by atoms with Crippen molar-refractivity contribution in [3.8, 4) is 0 Å². The number of aliphatic carboxylic acids is 1. The molecular weight excluding hydrogens is 244 g/mol.